The van der Waals surface area contributed by atoms with Gasteiger partial charge in [-0.15, -0.1) is 0 Å². The first-order valence-electron chi connectivity index (χ1n) is 11.9. The van der Waals surface area contributed by atoms with Crippen LogP contribution in [0.4, 0.5) is 26.3 Å². The Kier molecular flexibility index (Phi) is 7.83. The normalized spacial score (nSPS) is 31.8. The fraction of sp³-hybridized carbons (Fsp3) is 0.654. The van der Waals surface area contributed by atoms with E-state index >= 15 is 0 Å². The molecular weight excluding hydrogens is 474 g/mol. The van der Waals surface area contributed by atoms with E-state index in [1.54, 1.807) is 6.92 Å². The van der Waals surface area contributed by atoms with Gasteiger partial charge in [0.2, 0.25) is 0 Å². The van der Waals surface area contributed by atoms with Crippen molar-refractivity contribution in [2.24, 2.45) is 17.3 Å². The summed E-state index contributed by atoms with van der Waals surface area (Å²) in [4.78, 5) is 11.8. The number of aliphatic hydroxyl groups excluding tert-OH is 1. The number of halogens is 6. The summed E-state index contributed by atoms with van der Waals surface area (Å²) in [5.41, 5.74) is -2.03. The van der Waals surface area contributed by atoms with Crippen LogP contribution in [0.3, 0.4) is 0 Å². The van der Waals surface area contributed by atoms with Gasteiger partial charge in [0, 0.05) is 12.8 Å². The summed E-state index contributed by atoms with van der Waals surface area (Å²) in [7, 11) is 0. The lowest BCUT2D eigenvalue weighted by Gasteiger charge is -2.42. The van der Waals surface area contributed by atoms with E-state index in [-0.39, 0.29) is 42.0 Å². The highest BCUT2D eigenvalue weighted by Gasteiger charge is 2.68. The lowest BCUT2D eigenvalue weighted by atomic mass is 9.62. The second kappa shape index (κ2) is 9.88. The number of fused-ring (bicyclic) bond motifs is 1. The lowest BCUT2D eigenvalue weighted by Crippen LogP contribution is -2.55. The number of carbonyl (C=O) groups excluding carboxylic acids is 1. The topological polar surface area (TPSA) is 57.5 Å². The molecule has 4 atom stereocenters. The molecule has 0 saturated heterocycles. The van der Waals surface area contributed by atoms with Gasteiger partial charge in [0.1, 0.15) is 5.78 Å². The minimum atomic E-state index is -5.87. The predicted molar refractivity (Wildman–Crippen MR) is 119 cm³/mol. The van der Waals surface area contributed by atoms with E-state index in [1.165, 1.54) is 5.57 Å². The first kappa shape index (κ1) is 27.7. The van der Waals surface area contributed by atoms with Crippen LogP contribution in [0.2, 0.25) is 0 Å². The van der Waals surface area contributed by atoms with Gasteiger partial charge in [-0.2, -0.15) is 26.3 Å². The molecule has 3 aliphatic carbocycles. The molecule has 0 aromatic heterocycles. The minimum Gasteiger partial charge on any atom is -0.392 e. The molecule has 3 aliphatic rings. The molecule has 3 rings (SSSR count). The van der Waals surface area contributed by atoms with Gasteiger partial charge >= 0.3 is 12.4 Å². The lowest BCUT2D eigenvalue weighted by molar-refractivity contribution is -0.347. The van der Waals surface area contributed by atoms with Crippen molar-refractivity contribution in [3.63, 3.8) is 0 Å². The van der Waals surface area contributed by atoms with Crippen molar-refractivity contribution in [3.05, 3.63) is 47.1 Å². The minimum absolute atomic E-state index is 0.0107. The van der Waals surface area contributed by atoms with E-state index in [9.17, 15) is 41.4 Å². The molecular formula is C26H32F6O3. The van der Waals surface area contributed by atoms with E-state index in [0.29, 0.717) is 12.8 Å². The van der Waals surface area contributed by atoms with Crippen molar-refractivity contribution in [1.82, 2.24) is 0 Å². The number of hydrogen-bond donors (Lipinski definition) is 2. The molecule has 9 heteroatoms. The van der Waals surface area contributed by atoms with Crippen LogP contribution in [-0.4, -0.2) is 40.1 Å². The van der Waals surface area contributed by atoms with Crippen LogP contribution < -0.4 is 0 Å². The summed E-state index contributed by atoms with van der Waals surface area (Å²) in [5.74, 6) is -0.117. The Morgan fingerprint density at radius 3 is 2.40 bits per heavy atom. The van der Waals surface area contributed by atoms with Crippen LogP contribution >= 0.6 is 0 Å². The molecule has 0 amide bonds. The molecule has 0 spiro atoms. The third-order valence-corrected chi connectivity index (χ3v) is 7.77. The quantitative estimate of drug-likeness (QED) is 0.329. The van der Waals surface area contributed by atoms with Crippen molar-refractivity contribution in [3.8, 4) is 0 Å². The molecule has 196 valence electrons. The molecule has 2 fully saturated rings. The van der Waals surface area contributed by atoms with Crippen LogP contribution in [-0.2, 0) is 4.79 Å². The number of ketones is 1. The summed E-state index contributed by atoms with van der Waals surface area (Å²) in [6.07, 6.45) is -1.55. The standard InChI is InChI=1S/C26H32F6O3/c1-16(5-3-12-24(35,25(27,28)29)26(30,31)32)21-9-10-22-18(6-4-11-23(21,22)2)8-7-17-13-19(33)15-20(34)14-17/h3,7-9,12,16,19,22,33,35H,4-6,10-11,13-15H2,1-2H3/b12-3+,17-7+,18-8+/t16-,19-,22?,23-/m1/s1. The largest absolute Gasteiger partial charge is 0.429 e. The molecule has 0 aromatic carbocycles. The highest BCUT2D eigenvalue weighted by molar-refractivity contribution is 5.82. The van der Waals surface area contributed by atoms with Gasteiger partial charge in [-0.3, -0.25) is 4.79 Å². The number of rotatable bonds is 5. The van der Waals surface area contributed by atoms with E-state index < -0.39 is 24.1 Å². The van der Waals surface area contributed by atoms with Crippen molar-refractivity contribution in [2.75, 3.05) is 0 Å². The number of Topliss-reactive ketones (excluding diaryl/α,β-unsaturated/α-hetero) is 1. The highest BCUT2D eigenvalue weighted by Crippen LogP contribution is 2.57. The number of allylic oxidation sites excluding steroid dienone is 6. The van der Waals surface area contributed by atoms with Gasteiger partial charge in [-0.1, -0.05) is 54.9 Å². The van der Waals surface area contributed by atoms with Crippen LogP contribution in [0.5, 0.6) is 0 Å². The molecule has 1 unspecified atom stereocenters. The molecule has 3 nitrogen and oxygen atoms in total. The Hall–Kier alpha value is -1.87. The third kappa shape index (κ3) is 5.61. The Morgan fingerprint density at radius 2 is 1.80 bits per heavy atom. The van der Waals surface area contributed by atoms with Gasteiger partial charge in [-0.25, -0.2) is 0 Å². The zero-order valence-corrected chi connectivity index (χ0v) is 19.8. The molecule has 2 saturated carbocycles. The molecule has 2 N–H and O–H groups in total. The van der Waals surface area contributed by atoms with Gasteiger partial charge in [0.15, 0.2) is 0 Å². The summed E-state index contributed by atoms with van der Waals surface area (Å²) < 4.78 is 77.5. The average molecular weight is 507 g/mol. The molecule has 0 radical (unpaired) electrons. The highest BCUT2D eigenvalue weighted by atomic mass is 19.4. The van der Waals surface area contributed by atoms with Gasteiger partial charge in [0.25, 0.3) is 5.60 Å². The summed E-state index contributed by atoms with van der Waals surface area (Å²) >= 11 is 0. The van der Waals surface area contributed by atoms with E-state index in [4.69, 9.17) is 0 Å². The molecule has 0 heterocycles. The van der Waals surface area contributed by atoms with Crippen LogP contribution in [0, 0.1) is 17.3 Å². The SMILES string of the molecule is C[C@H](C/C=C/C(O)(C(F)(F)F)C(F)(F)F)C1=CCC2/C(=C/C=C3/CC(=O)C[C@H](O)C3)CCC[C@]12C. The monoisotopic (exact) mass is 506 g/mol. The average Bonchev–Trinajstić information content (AvgIpc) is 3.07. The number of alkyl halides is 6. The van der Waals surface area contributed by atoms with Crippen molar-refractivity contribution in [1.29, 1.82) is 0 Å². The van der Waals surface area contributed by atoms with Crippen molar-refractivity contribution >= 4 is 5.78 Å². The van der Waals surface area contributed by atoms with Crippen molar-refractivity contribution < 1.29 is 41.4 Å². The Labute approximate surface area is 201 Å². The van der Waals surface area contributed by atoms with Gasteiger partial charge in [-0.05, 0) is 61.9 Å². The predicted octanol–water partition coefficient (Wildman–Crippen LogP) is 6.53. The zero-order chi connectivity index (χ0) is 26.2. The number of hydrogen-bond acceptors (Lipinski definition) is 3. The second-order valence-corrected chi connectivity index (χ2v) is 10.4. The molecule has 0 bridgehead atoms. The van der Waals surface area contributed by atoms with Crippen LogP contribution in [0.25, 0.3) is 0 Å². The van der Waals surface area contributed by atoms with Crippen LogP contribution in [0.1, 0.15) is 65.2 Å². The Balaban J connectivity index is 1.74. The molecule has 0 aliphatic heterocycles. The molecule has 0 aromatic rings. The van der Waals surface area contributed by atoms with Crippen LogP contribution in [0.15, 0.2) is 47.1 Å². The second-order valence-electron chi connectivity index (χ2n) is 10.4. The fourth-order valence-corrected chi connectivity index (χ4v) is 5.92. The third-order valence-electron chi connectivity index (χ3n) is 7.77. The van der Waals surface area contributed by atoms with E-state index in [0.717, 1.165) is 42.9 Å². The number of carbonyl (C=O) groups is 1. The fourth-order valence-electron chi connectivity index (χ4n) is 5.92. The Morgan fingerprint density at radius 1 is 1.14 bits per heavy atom. The number of aliphatic hydroxyl groups is 2. The van der Waals surface area contributed by atoms with Gasteiger partial charge in [0.05, 0.1) is 6.10 Å². The summed E-state index contributed by atoms with van der Waals surface area (Å²) in [6.45, 7) is 3.87. The van der Waals surface area contributed by atoms with E-state index in [2.05, 4.69) is 6.92 Å². The smallest absolute Gasteiger partial charge is 0.392 e. The van der Waals surface area contributed by atoms with E-state index in [1.807, 2.05) is 18.2 Å². The summed E-state index contributed by atoms with van der Waals surface area (Å²) in [6, 6.07) is 0. The van der Waals surface area contributed by atoms with Crippen molar-refractivity contribution in [2.45, 2.75) is 89.3 Å². The zero-order valence-electron chi connectivity index (χ0n) is 19.8. The van der Waals surface area contributed by atoms with Gasteiger partial charge < -0.3 is 10.2 Å². The molecule has 35 heavy (non-hydrogen) atoms. The maximum absolute atomic E-state index is 12.9. The maximum atomic E-state index is 12.9. The first-order chi connectivity index (χ1) is 16.1. The Bertz CT molecular complexity index is 926. The maximum Gasteiger partial charge on any atom is 0.429 e. The first-order valence-corrected chi connectivity index (χ1v) is 11.9. The summed E-state index contributed by atoms with van der Waals surface area (Å²) in [5, 5.41) is 19.2.